The molecule has 2 unspecified atom stereocenters. The van der Waals surface area contributed by atoms with Gasteiger partial charge in [-0.2, -0.15) is 23.5 Å². The summed E-state index contributed by atoms with van der Waals surface area (Å²) in [4.78, 5) is 0. The van der Waals surface area contributed by atoms with Crippen molar-refractivity contribution in [2.24, 2.45) is 11.8 Å². The van der Waals surface area contributed by atoms with Crippen molar-refractivity contribution in [1.29, 1.82) is 0 Å². The van der Waals surface area contributed by atoms with Gasteiger partial charge in [-0.1, -0.05) is 70.9 Å². The average Bonchev–Trinajstić information content (AvgIpc) is 2.97. The highest BCUT2D eigenvalue weighted by Crippen LogP contribution is 2.35. The third-order valence-corrected chi connectivity index (χ3v) is 7.12. The number of hydrogen-bond donors (Lipinski definition) is 0. The molecule has 0 aliphatic carbocycles. The Bertz CT molecular complexity index is 262. The van der Waals surface area contributed by atoms with E-state index in [1.807, 2.05) is 0 Å². The molecule has 0 aromatic heterocycles. The minimum atomic E-state index is 0.995. The summed E-state index contributed by atoms with van der Waals surface area (Å²) in [6, 6.07) is 0. The second-order valence-corrected chi connectivity index (χ2v) is 8.91. The van der Waals surface area contributed by atoms with E-state index in [0.29, 0.717) is 0 Å². The first-order chi connectivity index (χ1) is 10.9. The van der Waals surface area contributed by atoms with Gasteiger partial charge < -0.3 is 0 Å². The van der Waals surface area contributed by atoms with Crippen molar-refractivity contribution < 1.29 is 0 Å². The Kier molecular flexibility index (Phi) is 14.0. The van der Waals surface area contributed by atoms with Crippen molar-refractivity contribution >= 4 is 23.5 Å². The standard InChI is InChI=1S/C20H38S2/c1-3-5-7-9-11-13-15-21-17-20-18-22-16-19(20)14-12-10-8-6-4-2/h11,13,19-20H,3-10,12,14-18H2,1-2H3. The van der Waals surface area contributed by atoms with Crippen molar-refractivity contribution in [3.05, 3.63) is 12.2 Å². The van der Waals surface area contributed by atoms with Crippen LogP contribution in [0.15, 0.2) is 12.2 Å². The van der Waals surface area contributed by atoms with Crippen molar-refractivity contribution in [3.8, 4) is 0 Å². The SMILES string of the molecule is CCCCCC=CCSCC1CSCC1CCCCCCC. The molecule has 0 radical (unpaired) electrons. The second kappa shape index (κ2) is 15.0. The zero-order valence-electron chi connectivity index (χ0n) is 15.0. The van der Waals surface area contributed by atoms with Crippen LogP contribution in [-0.2, 0) is 0 Å². The number of allylic oxidation sites excluding steroid dienone is 1. The van der Waals surface area contributed by atoms with Crippen LogP contribution >= 0.6 is 23.5 Å². The fourth-order valence-corrected chi connectivity index (χ4v) is 5.96. The molecular formula is C20H38S2. The molecule has 0 nitrogen and oxygen atoms in total. The Balaban J connectivity index is 2.01. The van der Waals surface area contributed by atoms with Gasteiger partial charge in [0.2, 0.25) is 0 Å². The molecule has 1 fully saturated rings. The van der Waals surface area contributed by atoms with Crippen molar-refractivity contribution in [1.82, 2.24) is 0 Å². The monoisotopic (exact) mass is 342 g/mol. The third-order valence-electron chi connectivity index (χ3n) is 4.70. The molecule has 1 rings (SSSR count). The lowest BCUT2D eigenvalue weighted by Gasteiger charge is -2.18. The van der Waals surface area contributed by atoms with E-state index in [0.717, 1.165) is 11.8 Å². The van der Waals surface area contributed by atoms with Gasteiger partial charge in [-0.25, -0.2) is 0 Å². The molecule has 2 atom stereocenters. The Labute approximate surface area is 148 Å². The minimum absolute atomic E-state index is 0.995. The second-order valence-electron chi connectivity index (χ2n) is 6.77. The lowest BCUT2D eigenvalue weighted by Crippen LogP contribution is -2.15. The molecule has 0 aromatic rings. The lowest BCUT2D eigenvalue weighted by molar-refractivity contribution is 0.407. The van der Waals surface area contributed by atoms with Gasteiger partial charge in [-0.3, -0.25) is 0 Å². The van der Waals surface area contributed by atoms with Gasteiger partial charge in [-0.15, -0.1) is 0 Å². The quantitative estimate of drug-likeness (QED) is 0.242. The van der Waals surface area contributed by atoms with Crippen LogP contribution in [0.3, 0.4) is 0 Å². The maximum Gasteiger partial charge on any atom is 0.0113 e. The van der Waals surface area contributed by atoms with Crippen LogP contribution in [0.25, 0.3) is 0 Å². The minimum Gasteiger partial charge on any atom is -0.161 e. The summed E-state index contributed by atoms with van der Waals surface area (Å²) in [6.45, 7) is 4.58. The molecule has 22 heavy (non-hydrogen) atoms. The summed E-state index contributed by atoms with van der Waals surface area (Å²) in [6.07, 6.45) is 18.9. The molecule has 1 saturated heterocycles. The Morgan fingerprint density at radius 2 is 1.59 bits per heavy atom. The zero-order valence-corrected chi connectivity index (χ0v) is 16.7. The normalized spacial score (nSPS) is 21.9. The molecular weight excluding hydrogens is 304 g/mol. The summed E-state index contributed by atoms with van der Waals surface area (Å²) >= 11 is 4.37. The predicted octanol–water partition coefficient (Wildman–Crippen LogP) is 7.20. The first-order valence-electron chi connectivity index (χ1n) is 9.69. The van der Waals surface area contributed by atoms with Gasteiger partial charge in [0.1, 0.15) is 0 Å². The predicted molar refractivity (Wildman–Crippen MR) is 108 cm³/mol. The van der Waals surface area contributed by atoms with Crippen LogP contribution in [0.1, 0.15) is 78.1 Å². The van der Waals surface area contributed by atoms with Gasteiger partial charge in [0, 0.05) is 5.75 Å². The fraction of sp³-hybridized carbons (Fsp3) is 0.900. The summed E-state index contributed by atoms with van der Waals surface area (Å²) < 4.78 is 0. The molecule has 0 amide bonds. The summed E-state index contributed by atoms with van der Waals surface area (Å²) in [7, 11) is 0. The number of thioether (sulfide) groups is 2. The first kappa shape index (κ1) is 20.5. The Morgan fingerprint density at radius 1 is 0.864 bits per heavy atom. The molecule has 1 aliphatic rings. The fourth-order valence-electron chi connectivity index (χ4n) is 3.14. The van der Waals surface area contributed by atoms with Crippen LogP contribution in [0.5, 0.6) is 0 Å². The average molecular weight is 343 g/mol. The zero-order chi connectivity index (χ0) is 15.9. The van der Waals surface area contributed by atoms with Crippen LogP contribution in [0, 0.1) is 11.8 Å². The van der Waals surface area contributed by atoms with Gasteiger partial charge in [-0.05, 0) is 48.4 Å². The summed E-state index contributed by atoms with van der Waals surface area (Å²) in [5, 5.41) is 0. The maximum atomic E-state index is 2.40. The molecule has 2 heteroatoms. The van der Waals surface area contributed by atoms with E-state index in [4.69, 9.17) is 0 Å². The molecule has 1 heterocycles. The van der Waals surface area contributed by atoms with E-state index in [2.05, 4.69) is 49.5 Å². The van der Waals surface area contributed by atoms with Gasteiger partial charge in [0.15, 0.2) is 0 Å². The molecule has 0 aromatic carbocycles. The highest BCUT2D eigenvalue weighted by molar-refractivity contribution is 8.00. The Morgan fingerprint density at radius 3 is 2.41 bits per heavy atom. The highest BCUT2D eigenvalue weighted by atomic mass is 32.2. The smallest absolute Gasteiger partial charge is 0.0113 e. The summed E-state index contributed by atoms with van der Waals surface area (Å²) in [5.41, 5.74) is 0. The van der Waals surface area contributed by atoms with Gasteiger partial charge in [0.25, 0.3) is 0 Å². The van der Waals surface area contributed by atoms with Gasteiger partial charge >= 0.3 is 0 Å². The van der Waals surface area contributed by atoms with Crippen LogP contribution in [0.2, 0.25) is 0 Å². The number of hydrogen-bond acceptors (Lipinski definition) is 2. The summed E-state index contributed by atoms with van der Waals surface area (Å²) in [5.74, 6) is 7.50. The lowest BCUT2D eigenvalue weighted by atomic mass is 9.92. The molecule has 0 saturated carbocycles. The van der Waals surface area contributed by atoms with E-state index >= 15 is 0 Å². The van der Waals surface area contributed by atoms with Crippen molar-refractivity contribution in [3.63, 3.8) is 0 Å². The number of unbranched alkanes of at least 4 members (excludes halogenated alkanes) is 7. The topological polar surface area (TPSA) is 0 Å². The van der Waals surface area contributed by atoms with E-state index in [1.165, 1.54) is 87.2 Å². The van der Waals surface area contributed by atoms with E-state index < -0.39 is 0 Å². The third kappa shape index (κ3) is 10.3. The van der Waals surface area contributed by atoms with E-state index in [1.54, 1.807) is 0 Å². The number of rotatable bonds is 14. The molecule has 0 N–H and O–H groups in total. The largest absolute Gasteiger partial charge is 0.161 e. The van der Waals surface area contributed by atoms with Crippen LogP contribution in [0.4, 0.5) is 0 Å². The van der Waals surface area contributed by atoms with Gasteiger partial charge in [0.05, 0.1) is 0 Å². The molecule has 130 valence electrons. The van der Waals surface area contributed by atoms with E-state index in [9.17, 15) is 0 Å². The first-order valence-corrected chi connectivity index (χ1v) is 12.0. The maximum absolute atomic E-state index is 2.40. The van der Waals surface area contributed by atoms with E-state index in [-0.39, 0.29) is 0 Å². The van der Waals surface area contributed by atoms with Crippen LogP contribution in [-0.4, -0.2) is 23.0 Å². The van der Waals surface area contributed by atoms with Crippen molar-refractivity contribution in [2.45, 2.75) is 78.1 Å². The highest BCUT2D eigenvalue weighted by Gasteiger charge is 2.26. The van der Waals surface area contributed by atoms with Crippen LogP contribution < -0.4 is 0 Å². The Hall–Kier alpha value is 0.440. The van der Waals surface area contributed by atoms with Crippen molar-refractivity contribution in [2.75, 3.05) is 23.0 Å². The molecule has 0 bridgehead atoms. The molecule has 0 spiro atoms. The molecule has 1 aliphatic heterocycles.